The monoisotopic (exact) mass is 263 g/mol. The van der Waals surface area contributed by atoms with Gasteiger partial charge in [0.25, 0.3) is 0 Å². The van der Waals surface area contributed by atoms with Crippen molar-refractivity contribution in [2.24, 2.45) is 5.18 Å². The molecular weight excluding hydrogens is 238 g/mol. The first-order valence-electron chi connectivity index (χ1n) is 6.91. The summed E-state index contributed by atoms with van der Waals surface area (Å²) in [4.78, 5) is 10.9. The summed E-state index contributed by atoms with van der Waals surface area (Å²) >= 11 is 0. The average molecular weight is 263 g/mol. The SMILES string of the molecule is CCC(C)(C)c1cc(N=O)cc(C(C)(C)CC)c1O. The van der Waals surface area contributed by atoms with Gasteiger partial charge in [-0.15, -0.1) is 4.91 Å². The Labute approximate surface area is 116 Å². The van der Waals surface area contributed by atoms with Crippen LogP contribution in [0.2, 0.25) is 0 Å². The van der Waals surface area contributed by atoms with Crippen molar-refractivity contribution >= 4 is 5.69 Å². The Kier molecular flexibility index (Phi) is 4.39. The van der Waals surface area contributed by atoms with Crippen LogP contribution in [0.5, 0.6) is 5.75 Å². The van der Waals surface area contributed by atoms with Crippen LogP contribution in [0, 0.1) is 4.91 Å². The standard InChI is InChI=1S/C16H25NO2/c1-7-15(3,4)12-9-11(17-19)10-13(14(12)18)16(5,6)8-2/h9-10,18H,7-8H2,1-6H3. The molecule has 0 amide bonds. The van der Waals surface area contributed by atoms with Crippen molar-refractivity contribution in [2.45, 2.75) is 65.2 Å². The highest BCUT2D eigenvalue weighted by Crippen LogP contribution is 2.43. The molecule has 1 rings (SSSR count). The molecule has 1 N–H and O–H groups in total. The van der Waals surface area contributed by atoms with Gasteiger partial charge in [0.1, 0.15) is 11.4 Å². The van der Waals surface area contributed by atoms with Gasteiger partial charge in [-0.1, -0.05) is 41.5 Å². The molecule has 0 aromatic heterocycles. The van der Waals surface area contributed by atoms with E-state index >= 15 is 0 Å². The number of aromatic hydroxyl groups is 1. The molecule has 0 spiro atoms. The first-order chi connectivity index (χ1) is 8.69. The summed E-state index contributed by atoms with van der Waals surface area (Å²) in [6, 6.07) is 3.42. The van der Waals surface area contributed by atoms with Gasteiger partial charge in [-0.25, -0.2) is 0 Å². The van der Waals surface area contributed by atoms with Crippen LogP contribution in [-0.4, -0.2) is 5.11 Å². The molecule has 0 saturated carbocycles. The Morgan fingerprint density at radius 2 is 1.37 bits per heavy atom. The fraction of sp³-hybridized carbons (Fsp3) is 0.625. The molecule has 0 aliphatic heterocycles. The summed E-state index contributed by atoms with van der Waals surface area (Å²) in [5.74, 6) is 0.311. The van der Waals surface area contributed by atoms with E-state index in [1.54, 1.807) is 12.1 Å². The topological polar surface area (TPSA) is 49.7 Å². The fourth-order valence-electron chi connectivity index (χ4n) is 2.08. The van der Waals surface area contributed by atoms with E-state index in [1.807, 2.05) is 0 Å². The maximum absolute atomic E-state index is 10.9. The molecule has 3 heteroatoms. The Balaban J connectivity index is 3.59. The van der Waals surface area contributed by atoms with E-state index in [2.05, 4.69) is 46.7 Å². The van der Waals surface area contributed by atoms with Gasteiger partial charge in [0, 0.05) is 11.1 Å². The lowest BCUT2D eigenvalue weighted by Crippen LogP contribution is -2.20. The Hall–Kier alpha value is -1.38. The van der Waals surface area contributed by atoms with Crippen LogP contribution in [-0.2, 0) is 10.8 Å². The molecule has 3 nitrogen and oxygen atoms in total. The second kappa shape index (κ2) is 5.32. The molecule has 0 unspecified atom stereocenters. The number of hydrogen-bond donors (Lipinski definition) is 1. The van der Waals surface area contributed by atoms with E-state index in [4.69, 9.17) is 0 Å². The van der Waals surface area contributed by atoms with Crippen LogP contribution in [0.15, 0.2) is 17.3 Å². The Bertz CT molecular complexity index is 439. The zero-order valence-electron chi connectivity index (χ0n) is 12.9. The predicted molar refractivity (Wildman–Crippen MR) is 80.2 cm³/mol. The van der Waals surface area contributed by atoms with Crippen molar-refractivity contribution in [3.05, 3.63) is 28.2 Å². The first kappa shape index (κ1) is 15.7. The summed E-state index contributed by atoms with van der Waals surface area (Å²) in [6.07, 6.45) is 1.77. The van der Waals surface area contributed by atoms with Gasteiger partial charge in [-0.3, -0.25) is 0 Å². The molecular formula is C16H25NO2. The molecule has 106 valence electrons. The lowest BCUT2D eigenvalue weighted by molar-refractivity contribution is 0.400. The number of phenolic OH excluding ortho intramolecular Hbond substituents is 1. The number of phenols is 1. The highest BCUT2D eigenvalue weighted by Gasteiger charge is 2.29. The zero-order chi connectivity index (χ0) is 14.8. The Morgan fingerprint density at radius 1 is 1.00 bits per heavy atom. The maximum atomic E-state index is 10.9. The predicted octanol–water partition coefficient (Wildman–Crippen LogP) is 5.17. The van der Waals surface area contributed by atoms with E-state index in [1.165, 1.54) is 0 Å². The molecule has 0 atom stereocenters. The van der Waals surface area contributed by atoms with E-state index in [0.29, 0.717) is 11.4 Å². The quantitative estimate of drug-likeness (QED) is 0.745. The van der Waals surface area contributed by atoms with E-state index < -0.39 is 0 Å². The third kappa shape index (κ3) is 2.96. The van der Waals surface area contributed by atoms with E-state index in [-0.39, 0.29) is 10.8 Å². The van der Waals surface area contributed by atoms with Crippen LogP contribution in [0.4, 0.5) is 5.69 Å². The molecule has 19 heavy (non-hydrogen) atoms. The van der Waals surface area contributed by atoms with Gasteiger partial charge in [-0.2, -0.15) is 0 Å². The number of rotatable bonds is 5. The molecule has 0 saturated heterocycles. The summed E-state index contributed by atoms with van der Waals surface area (Å²) in [5.41, 5.74) is 1.66. The van der Waals surface area contributed by atoms with Crippen molar-refractivity contribution in [1.29, 1.82) is 0 Å². The molecule has 0 radical (unpaired) electrons. The van der Waals surface area contributed by atoms with Crippen LogP contribution in [0.25, 0.3) is 0 Å². The minimum atomic E-state index is -0.177. The van der Waals surface area contributed by atoms with Gasteiger partial charge in [0.15, 0.2) is 0 Å². The number of hydrogen-bond acceptors (Lipinski definition) is 3. The van der Waals surface area contributed by atoms with Gasteiger partial charge >= 0.3 is 0 Å². The third-order valence-corrected chi connectivity index (χ3v) is 4.43. The van der Waals surface area contributed by atoms with Crippen molar-refractivity contribution in [3.8, 4) is 5.75 Å². The smallest absolute Gasteiger partial charge is 0.123 e. The lowest BCUT2D eigenvalue weighted by Gasteiger charge is -2.30. The van der Waals surface area contributed by atoms with Crippen LogP contribution < -0.4 is 0 Å². The van der Waals surface area contributed by atoms with Gasteiger partial charge in [-0.05, 0) is 41.0 Å². The van der Waals surface area contributed by atoms with Crippen LogP contribution >= 0.6 is 0 Å². The van der Waals surface area contributed by atoms with Crippen LogP contribution in [0.1, 0.15) is 65.5 Å². The van der Waals surface area contributed by atoms with Crippen molar-refractivity contribution in [2.75, 3.05) is 0 Å². The highest BCUT2D eigenvalue weighted by molar-refractivity contribution is 5.56. The minimum Gasteiger partial charge on any atom is -0.507 e. The van der Waals surface area contributed by atoms with Crippen molar-refractivity contribution in [1.82, 2.24) is 0 Å². The summed E-state index contributed by atoms with van der Waals surface area (Å²) in [6.45, 7) is 12.4. The second-order valence-electron chi connectivity index (χ2n) is 6.46. The normalized spacial score (nSPS) is 12.5. The largest absolute Gasteiger partial charge is 0.507 e. The molecule has 1 aromatic carbocycles. The third-order valence-electron chi connectivity index (χ3n) is 4.43. The molecule has 0 fully saturated rings. The van der Waals surface area contributed by atoms with Gasteiger partial charge in [0.05, 0.1) is 0 Å². The highest BCUT2D eigenvalue weighted by atomic mass is 16.3. The summed E-state index contributed by atoms with van der Waals surface area (Å²) < 4.78 is 0. The van der Waals surface area contributed by atoms with E-state index in [0.717, 1.165) is 24.0 Å². The van der Waals surface area contributed by atoms with Gasteiger partial charge < -0.3 is 5.11 Å². The lowest BCUT2D eigenvalue weighted by atomic mass is 9.75. The minimum absolute atomic E-state index is 0.177. The average Bonchev–Trinajstić information content (AvgIpc) is 2.38. The van der Waals surface area contributed by atoms with E-state index in [9.17, 15) is 10.0 Å². The van der Waals surface area contributed by atoms with Crippen molar-refractivity contribution in [3.63, 3.8) is 0 Å². The van der Waals surface area contributed by atoms with Crippen molar-refractivity contribution < 1.29 is 5.11 Å². The van der Waals surface area contributed by atoms with Gasteiger partial charge in [0.2, 0.25) is 0 Å². The molecule has 0 aliphatic rings. The Morgan fingerprint density at radius 3 is 1.63 bits per heavy atom. The first-order valence-corrected chi connectivity index (χ1v) is 6.91. The van der Waals surface area contributed by atoms with Crippen LogP contribution in [0.3, 0.4) is 0 Å². The maximum Gasteiger partial charge on any atom is 0.123 e. The number of benzene rings is 1. The molecule has 0 heterocycles. The number of nitrogens with zero attached hydrogens (tertiary/aromatic N) is 1. The zero-order valence-corrected chi connectivity index (χ0v) is 12.9. The summed E-state index contributed by atoms with van der Waals surface area (Å²) in [5, 5.41) is 13.7. The second-order valence-corrected chi connectivity index (χ2v) is 6.46. The molecule has 0 bridgehead atoms. The number of nitroso groups, excluding NO2 is 1. The fourth-order valence-corrected chi connectivity index (χ4v) is 2.08. The molecule has 0 aliphatic carbocycles. The molecule has 1 aromatic rings. The summed E-state index contributed by atoms with van der Waals surface area (Å²) in [7, 11) is 0.